The van der Waals surface area contributed by atoms with Crippen molar-refractivity contribution in [2.45, 2.75) is 42.9 Å². The fourth-order valence-corrected chi connectivity index (χ4v) is 5.13. The molecule has 0 amide bonds. The Hall–Kier alpha value is -0.560. The number of sulfonamides is 1. The van der Waals surface area contributed by atoms with E-state index < -0.39 is 10.0 Å². The maximum Gasteiger partial charge on any atom is 0.240 e. The first-order valence-corrected chi connectivity index (χ1v) is 9.47. The third-order valence-corrected chi connectivity index (χ3v) is 6.65. The number of hydrogen-bond acceptors (Lipinski definition) is 4. The Labute approximate surface area is 125 Å². The molecule has 1 unspecified atom stereocenters. The van der Waals surface area contributed by atoms with Crippen molar-refractivity contribution in [3.05, 3.63) is 29.3 Å². The van der Waals surface area contributed by atoms with E-state index in [-0.39, 0.29) is 0 Å². The molecule has 1 aliphatic heterocycles. The van der Waals surface area contributed by atoms with E-state index in [9.17, 15) is 8.42 Å². The number of nitrogens with two attached hydrogens (primary N) is 1. The number of benzene rings is 1. The van der Waals surface area contributed by atoms with Gasteiger partial charge >= 0.3 is 0 Å². The van der Waals surface area contributed by atoms with Crippen LogP contribution in [0.2, 0.25) is 0 Å². The molecule has 1 saturated heterocycles. The predicted molar refractivity (Wildman–Crippen MR) is 84.4 cm³/mol. The highest BCUT2D eigenvalue weighted by Gasteiger charge is 2.21. The highest BCUT2D eigenvalue weighted by atomic mass is 32.2. The summed E-state index contributed by atoms with van der Waals surface area (Å²) in [5, 5.41) is 0.400. The largest absolute Gasteiger partial charge is 0.326 e. The monoisotopic (exact) mass is 314 g/mol. The van der Waals surface area contributed by atoms with Gasteiger partial charge in [0, 0.05) is 18.3 Å². The minimum Gasteiger partial charge on any atom is -0.326 e. The second-order valence-electron chi connectivity index (χ2n) is 5.08. The van der Waals surface area contributed by atoms with Crippen LogP contribution in [0.25, 0.3) is 0 Å². The first-order chi connectivity index (χ1) is 9.54. The quantitative estimate of drug-likeness (QED) is 0.872. The van der Waals surface area contributed by atoms with Crippen LogP contribution in [0, 0.1) is 6.92 Å². The van der Waals surface area contributed by atoms with Crippen LogP contribution in [0.15, 0.2) is 23.1 Å². The third kappa shape index (κ3) is 3.75. The molecule has 1 heterocycles. The Morgan fingerprint density at radius 2 is 2.20 bits per heavy atom. The van der Waals surface area contributed by atoms with Gasteiger partial charge in [-0.05, 0) is 42.7 Å². The molecular formula is C14H22N2O2S2. The number of nitrogens with one attached hydrogen (secondary N) is 1. The van der Waals surface area contributed by atoms with Gasteiger partial charge in [-0.1, -0.05) is 18.6 Å². The van der Waals surface area contributed by atoms with E-state index in [0.29, 0.717) is 23.2 Å². The van der Waals surface area contributed by atoms with Gasteiger partial charge in [0.05, 0.1) is 4.90 Å². The zero-order chi connectivity index (χ0) is 14.6. The third-order valence-electron chi connectivity index (χ3n) is 3.68. The summed E-state index contributed by atoms with van der Waals surface area (Å²) >= 11 is 1.86. The zero-order valence-electron chi connectivity index (χ0n) is 11.8. The Morgan fingerprint density at radius 1 is 1.40 bits per heavy atom. The van der Waals surface area contributed by atoms with E-state index in [1.807, 2.05) is 24.8 Å². The van der Waals surface area contributed by atoms with E-state index in [0.717, 1.165) is 23.3 Å². The molecule has 1 aliphatic rings. The molecule has 1 aromatic carbocycles. The summed E-state index contributed by atoms with van der Waals surface area (Å²) in [7, 11) is -3.44. The normalized spacial score (nSPS) is 20.0. The van der Waals surface area contributed by atoms with Gasteiger partial charge in [-0.25, -0.2) is 13.1 Å². The fraction of sp³-hybridized carbons (Fsp3) is 0.571. The molecule has 3 N–H and O–H groups in total. The lowest BCUT2D eigenvalue weighted by atomic mass is 10.1. The van der Waals surface area contributed by atoms with Crippen LogP contribution in [0.5, 0.6) is 0 Å². The van der Waals surface area contributed by atoms with Gasteiger partial charge in [0.15, 0.2) is 0 Å². The standard InChI is InChI=1S/C14H22N2O2S2/c1-11-12(9-15)5-4-7-14(11)20(17,18)16-10-13-6-2-3-8-19-13/h4-5,7,13,16H,2-3,6,8-10,15H2,1H3. The molecule has 0 aromatic heterocycles. The predicted octanol–water partition coefficient (Wildman–Crippen LogP) is 2.02. The van der Waals surface area contributed by atoms with Crippen LogP contribution in [-0.2, 0) is 16.6 Å². The van der Waals surface area contributed by atoms with Gasteiger partial charge in [0.25, 0.3) is 0 Å². The molecule has 0 aliphatic carbocycles. The molecule has 1 aromatic rings. The molecule has 6 heteroatoms. The summed E-state index contributed by atoms with van der Waals surface area (Å²) in [6.45, 7) is 2.68. The van der Waals surface area contributed by atoms with E-state index in [1.54, 1.807) is 12.1 Å². The lowest BCUT2D eigenvalue weighted by Gasteiger charge is -2.21. The van der Waals surface area contributed by atoms with Crippen molar-refractivity contribution in [2.24, 2.45) is 5.73 Å². The van der Waals surface area contributed by atoms with Crippen molar-refractivity contribution in [3.63, 3.8) is 0 Å². The van der Waals surface area contributed by atoms with Gasteiger partial charge in [-0.2, -0.15) is 11.8 Å². The minimum absolute atomic E-state index is 0.348. The first-order valence-electron chi connectivity index (χ1n) is 6.94. The second kappa shape index (κ2) is 6.93. The van der Waals surface area contributed by atoms with Crippen molar-refractivity contribution in [3.8, 4) is 0 Å². The van der Waals surface area contributed by atoms with Crippen LogP contribution in [0.4, 0.5) is 0 Å². The van der Waals surface area contributed by atoms with Crippen LogP contribution < -0.4 is 10.5 Å². The zero-order valence-corrected chi connectivity index (χ0v) is 13.4. The van der Waals surface area contributed by atoms with Crippen LogP contribution >= 0.6 is 11.8 Å². The SMILES string of the molecule is Cc1c(CN)cccc1S(=O)(=O)NCC1CCCCS1. The van der Waals surface area contributed by atoms with E-state index in [4.69, 9.17) is 5.73 Å². The van der Waals surface area contributed by atoms with Gasteiger partial charge < -0.3 is 5.73 Å². The summed E-state index contributed by atoms with van der Waals surface area (Å²) in [5.41, 5.74) is 7.26. The van der Waals surface area contributed by atoms with Crippen LogP contribution in [0.1, 0.15) is 30.4 Å². The Kier molecular flexibility index (Phi) is 5.49. The first kappa shape index (κ1) is 15.8. The Morgan fingerprint density at radius 3 is 2.85 bits per heavy atom. The van der Waals surface area contributed by atoms with E-state index in [2.05, 4.69) is 4.72 Å². The summed E-state index contributed by atoms with van der Waals surface area (Å²) in [4.78, 5) is 0.348. The van der Waals surface area contributed by atoms with Crippen molar-refractivity contribution in [2.75, 3.05) is 12.3 Å². The molecule has 0 saturated carbocycles. The molecule has 0 radical (unpaired) electrons. The van der Waals surface area contributed by atoms with Gasteiger partial charge in [-0.15, -0.1) is 0 Å². The smallest absolute Gasteiger partial charge is 0.240 e. The van der Waals surface area contributed by atoms with Crippen molar-refractivity contribution in [1.29, 1.82) is 0 Å². The van der Waals surface area contributed by atoms with Crippen LogP contribution in [-0.4, -0.2) is 26.0 Å². The molecule has 0 bridgehead atoms. The number of hydrogen-bond donors (Lipinski definition) is 2. The lowest BCUT2D eigenvalue weighted by Crippen LogP contribution is -2.32. The van der Waals surface area contributed by atoms with E-state index in [1.165, 1.54) is 12.8 Å². The highest BCUT2D eigenvalue weighted by molar-refractivity contribution is 8.00. The molecule has 1 atom stereocenters. The maximum absolute atomic E-state index is 12.4. The Bertz CT molecular complexity index is 552. The maximum atomic E-state index is 12.4. The second-order valence-corrected chi connectivity index (χ2v) is 8.23. The summed E-state index contributed by atoms with van der Waals surface area (Å²) in [5.74, 6) is 1.13. The average Bonchev–Trinajstić information content (AvgIpc) is 2.46. The molecule has 4 nitrogen and oxygen atoms in total. The number of rotatable bonds is 5. The van der Waals surface area contributed by atoms with Crippen molar-refractivity contribution in [1.82, 2.24) is 4.72 Å². The average molecular weight is 314 g/mol. The van der Waals surface area contributed by atoms with E-state index >= 15 is 0 Å². The summed E-state index contributed by atoms with van der Waals surface area (Å²) in [6, 6.07) is 5.26. The molecule has 112 valence electrons. The number of thioether (sulfide) groups is 1. The summed E-state index contributed by atoms with van der Waals surface area (Å²) < 4.78 is 27.6. The Balaban J connectivity index is 2.10. The molecule has 2 rings (SSSR count). The topological polar surface area (TPSA) is 72.2 Å². The molecular weight excluding hydrogens is 292 g/mol. The molecule has 20 heavy (non-hydrogen) atoms. The molecule has 0 spiro atoms. The van der Waals surface area contributed by atoms with Gasteiger partial charge in [0.1, 0.15) is 0 Å². The van der Waals surface area contributed by atoms with Gasteiger partial charge in [0.2, 0.25) is 10.0 Å². The van der Waals surface area contributed by atoms with Crippen LogP contribution in [0.3, 0.4) is 0 Å². The fourth-order valence-electron chi connectivity index (χ4n) is 2.42. The van der Waals surface area contributed by atoms with Gasteiger partial charge in [-0.3, -0.25) is 0 Å². The lowest BCUT2D eigenvalue weighted by molar-refractivity contribution is 0.573. The highest BCUT2D eigenvalue weighted by Crippen LogP contribution is 2.25. The van der Waals surface area contributed by atoms with Crippen molar-refractivity contribution >= 4 is 21.8 Å². The minimum atomic E-state index is -3.44. The van der Waals surface area contributed by atoms with Crippen molar-refractivity contribution < 1.29 is 8.42 Å². The summed E-state index contributed by atoms with van der Waals surface area (Å²) in [6.07, 6.45) is 3.53. The molecule has 1 fully saturated rings.